The number of anilines is 1. The van der Waals surface area contributed by atoms with Crippen molar-refractivity contribution in [3.63, 3.8) is 0 Å². The minimum atomic E-state index is -0.815. The van der Waals surface area contributed by atoms with E-state index in [0.29, 0.717) is 13.1 Å². The van der Waals surface area contributed by atoms with E-state index >= 15 is 0 Å². The van der Waals surface area contributed by atoms with E-state index in [0.717, 1.165) is 22.8 Å². The summed E-state index contributed by atoms with van der Waals surface area (Å²) in [7, 11) is 0. The Morgan fingerprint density at radius 3 is 2.16 bits per heavy atom. The van der Waals surface area contributed by atoms with Crippen LogP contribution in [-0.2, 0) is 20.4 Å². The number of halogens is 1. The Kier molecular flexibility index (Phi) is 8.82. The van der Waals surface area contributed by atoms with Crippen LogP contribution in [0.5, 0.6) is 0 Å². The van der Waals surface area contributed by atoms with Crippen LogP contribution in [0.2, 0.25) is 0 Å². The SMILES string of the molecule is CC1(C)C(=C/C=C/C=C/C2=[N+](CCC(=O)O)c3ccccc3C2(C)C)N(CCC(=O)O)c2ccccc21.[Br-]. The molecular formula is C31H35BrN2O4. The number of hydrogen-bond acceptors (Lipinski definition) is 3. The van der Waals surface area contributed by atoms with Gasteiger partial charge < -0.3 is 32.1 Å². The molecule has 2 N–H and O–H groups in total. The van der Waals surface area contributed by atoms with Gasteiger partial charge in [-0.3, -0.25) is 9.59 Å². The van der Waals surface area contributed by atoms with Gasteiger partial charge >= 0.3 is 11.9 Å². The van der Waals surface area contributed by atoms with Crippen molar-refractivity contribution in [2.45, 2.75) is 51.4 Å². The second kappa shape index (κ2) is 11.5. The number of rotatable bonds is 9. The number of allylic oxidation sites excluding steroid dienone is 6. The Bertz CT molecular complexity index is 1350. The smallest absolute Gasteiger partial charge is 0.309 e. The van der Waals surface area contributed by atoms with Crippen LogP contribution in [0.15, 0.2) is 84.6 Å². The first-order valence-corrected chi connectivity index (χ1v) is 12.7. The van der Waals surface area contributed by atoms with E-state index in [1.54, 1.807) is 0 Å². The number of carboxylic acid groups (broad SMARTS) is 2. The van der Waals surface area contributed by atoms with Gasteiger partial charge in [-0.2, -0.15) is 4.58 Å². The third-order valence-corrected chi connectivity index (χ3v) is 7.43. The molecule has 0 atom stereocenters. The van der Waals surface area contributed by atoms with Gasteiger partial charge in [-0.1, -0.05) is 68.5 Å². The summed E-state index contributed by atoms with van der Waals surface area (Å²) < 4.78 is 2.11. The number of hydrogen-bond donors (Lipinski definition) is 2. The fourth-order valence-electron chi connectivity index (χ4n) is 5.54. The molecule has 0 saturated heterocycles. The molecular weight excluding hydrogens is 544 g/mol. The first-order valence-electron chi connectivity index (χ1n) is 12.7. The predicted octanol–water partition coefficient (Wildman–Crippen LogP) is 2.81. The molecule has 0 fully saturated rings. The van der Waals surface area contributed by atoms with Gasteiger partial charge in [0.1, 0.15) is 6.42 Å². The Morgan fingerprint density at radius 2 is 1.47 bits per heavy atom. The Hall–Kier alpha value is -3.45. The summed E-state index contributed by atoms with van der Waals surface area (Å²) in [4.78, 5) is 24.7. The summed E-state index contributed by atoms with van der Waals surface area (Å²) in [5.74, 6) is -1.63. The molecule has 38 heavy (non-hydrogen) atoms. The number of aliphatic carboxylic acids is 2. The number of nitrogens with zero attached hydrogens (tertiary/aromatic N) is 2. The van der Waals surface area contributed by atoms with Gasteiger partial charge in [0.2, 0.25) is 5.69 Å². The number of para-hydroxylation sites is 2. The van der Waals surface area contributed by atoms with Gasteiger partial charge in [0.25, 0.3) is 0 Å². The standard InChI is InChI=1S/C31H34N2O4.BrH/c1-30(2)22-12-8-10-14-24(22)32(20-18-28(34)35)26(30)16-6-5-7-17-27-31(3,4)23-13-9-11-15-25(23)33(27)21-19-29(36)37;/h5-17H,18-21H2,1-4H3,(H-,34,35,36,37);1H. The van der Waals surface area contributed by atoms with Gasteiger partial charge in [0, 0.05) is 41.1 Å². The second-order valence-electron chi connectivity index (χ2n) is 10.6. The van der Waals surface area contributed by atoms with Crippen molar-refractivity contribution in [3.8, 4) is 0 Å². The predicted molar refractivity (Wildman–Crippen MR) is 147 cm³/mol. The van der Waals surface area contributed by atoms with Crippen LogP contribution in [0, 0.1) is 0 Å². The van der Waals surface area contributed by atoms with Crippen molar-refractivity contribution in [1.29, 1.82) is 0 Å². The van der Waals surface area contributed by atoms with Gasteiger partial charge in [0.05, 0.1) is 11.8 Å². The molecule has 0 bridgehead atoms. The maximum absolute atomic E-state index is 11.3. The third kappa shape index (κ3) is 5.53. The number of carbonyl (C=O) groups is 2. The van der Waals surface area contributed by atoms with Gasteiger partial charge in [-0.05, 0) is 31.6 Å². The van der Waals surface area contributed by atoms with Crippen molar-refractivity contribution in [2.24, 2.45) is 0 Å². The average Bonchev–Trinajstić information content (AvgIpc) is 3.20. The van der Waals surface area contributed by atoms with Crippen molar-refractivity contribution in [1.82, 2.24) is 0 Å². The van der Waals surface area contributed by atoms with Crippen molar-refractivity contribution < 1.29 is 41.4 Å². The lowest BCUT2D eigenvalue weighted by molar-refractivity contribution is -0.436. The normalized spacial score (nSPS) is 18.2. The molecule has 4 rings (SSSR count). The molecule has 6 nitrogen and oxygen atoms in total. The third-order valence-electron chi connectivity index (χ3n) is 7.43. The summed E-state index contributed by atoms with van der Waals surface area (Å²) in [5, 5.41) is 18.6. The minimum absolute atomic E-state index is 0. The second-order valence-corrected chi connectivity index (χ2v) is 10.6. The van der Waals surface area contributed by atoms with Crippen LogP contribution < -0.4 is 21.9 Å². The lowest BCUT2D eigenvalue weighted by Gasteiger charge is -2.26. The molecule has 0 amide bonds. The zero-order valence-electron chi connectivity index (χ0n) is 22.3. The highest BCUT2D eigenvalue weighted by atomic mass is 79.9. The van der Waals surface area contributed by atoms with Gasteiger partial charge in [-0.25, -0.2) is 0 Å². The van der Waals surface area contributed by atoms with E-state index < -0.39 is 11.9 Å². The molecule has 2 aromatic carbocycles. The van der Waals surface area contributed by atoms with Crippen molar-refractivity contribution in [3.05, 3.63) is 95.7 Å². The van der Waals surface area contributed by atoms with Crippen LogP contribution in [0.1, 0.15) is 51.7 Å². The number of carboxylic acids is 2. The molecule has 200 valence electrons. The monoisotopic (exact) mass is 578 g/mol. The summed E-state index contributed by atoms with van der Waals surface area (Å²) >= 11 is 0. The summed E-state index contributed by atoms with van der Waals surface area (Å²) in [6.07, 6.45) is 10.2. The zero-order valence-corrected chi connectivity index (χ0v) is 23.9. The van der Waals surface area contributed by atoms with Gasteiger partial charge in [-0.15, -0.1) is 0 Å². The van der Waals surface area contributed by atoms with E-state index in [1.165, 1.54) is 11.1 Å². The first-order chi connectivity index (χ1) is 17.5. The molecule has 0 spiro atoms. The fourth-order valence-corrected chi connectivity index (χ4v) is 5.54. The van der Waals surface area contributed by atoms with E-state index in [2.05, 4.69) is 61.5 Å². The molecule has 2 aromatic rings. The summed E-state index contributed by atoms with van der Waals surface area (Å²) in [5.41, 5.74) is 6.10. The van der Waals surface area contributed by atoms with E-state index in [1.807, 2.05) is 54.6 Å². The zero-order chi connectivity index (χ0) is 26.8. The van der Waals surface area contributed by atoms with Crippen LogP contribution in [0.4, 0.5) is 11.4 Å². The van der Waals surface area contributed by atoms with Crippen LogP contribution in [0.3, 0.4) is 0 Å². The Labute approximate surface area is 235 Å². The molecule has 0 aliphatic carbocycles. The highest BCUT2D eigenvalue weighted by molar-refractivity contribution is 6.03. The number of fused-ring (bicyclic) bond motifs is 2. The first kappa shape index (κ1) is 29.1. The summed E-state index contributed by atoms with van der Waals surface area (Å²) in [6, 6.07) is 16.3. The fraction of sp³-hybridized carbons (Fsp3) is 0.323. The van der Waals surface area contributed by atoms with Gasteiger partial charge in [0.15, 0.2) is 12.3 Å². The van der Waals surface area contributed by atoms with E-state index in [9.17, 15) is 19.8 Å². The topological polar surface area (TPSA) is 80.9 Å². The number of benzene rings is 2. The molecule has 0 aromatic heterocycles. The largest absolute Gasteiger partial charge is 1.00 e. The Balaban J connectivity index is 0.00000400. The van der Waals surface area contributed by atoms with Crippen molar-refractivity contribution in [2.75, 3.05) is 18.0 Å². The molecule has 7 heteroatoms. The van der Waals surface area contributed by atoms with E-state index in [4.69, 9.17) is 0 Å². The molecule has 2 heterocycles. The molecule has 0 radical (unpaired) electrons. The lowest BCUT2D eigenvalue weighted by atomic mass is 9.81. The molecule has 0 saturated carbocycles. The highest BCUT2D eigenvalue weighted by Crippen LogP contribution is 2.47. The van der Waals surface area contributed by atoms with E-state index in [-0.39, 0.29) is 40.7 Å². The van der Waals surface area contributed by atoms with Crippen molar-refractivity contribution >= 4 is 29.0 Å². The van der Waals surface area contributed by atoms with Crippen LogP contribution >= 0.6 is 0 Å². The highest BCUT2D eigenvalue weighted by Gasteiger charge is 2.44. The average molecular weight is 580 g/mol. The quantitative estimate of drug-likeness (QED) is 0.353. The minimum Gasteiger partial charge on any atom is -1.00 e. The van der Waals surface area contributed by atoms with Crippen LogP contribution in [-0.4, -0.2) is 45.5 Å². The molecule has 0 unspecified atom stereocenters. The lowest BCUT2D eigenvalue weighted by Crippen LogP contribution is -3.00. The Morgan fingerprint density at radius 1 is 0.842 bits per heavy atom. The maximum atomic E-state index is 11.3. The van der Waals surface area contributed by atoms with Crippen LogP contribution in [0.25, 0.3) is 0 Å². The molecule has 2 aliphatic rings. The summed E-state index contributed by atoms with van der Waals surface area (Å²) in [6.45, 7) is 9.47. The maximum Gasteiger partial charge on any atom is 0.309 e. The molecule has 2 aliphatic heterocycles.